The number of pyridine rings is 1. The maximum Gasteiger partial charge on any atom is 0.295 e. The van der Waals surface area contributed by atoms with Gasteiger partial charge < -0.3 is 19.5 Å². The molecule has 1 aliphatic rings. The van der Waals surface area contributed by atoms with E-state index in [-0.39, 0.29) is 17.9 Å². The number of ketones is 1. The van der Waals surface area contributed by atoms with Crippen molar-refractivity contribution in [1.82, 2.24) is 9.88 Å². The normalized spacial score (nSPS) is 17.4. The van der Waals surface area contributed by atoms with Gasteiger partial charge in [0.05, 0.1) is 25.8 Å². The van der Waals surface area contributed by atoms with E-state index in [1.165, 1.54) is 12.0 Å². The number of hydrogen-bond acceptors (Lipinski definition) is 6. The van der Waals surface area contributed by atoms with Crippen LogP contribution in [0.4, 0.5) is 0 Å². The minimum Gasteiger partial charge on any atom is -0.507 e. The van der Waals surface area contributed by atoms with Crippen molar-refractivity contribution in [3.63, 3.8) is 0 Å². The molecule has 0 radical (unpaired) electrons. The number of aliphatic hydroxyl groups excluding tert-OH is 1. The second-order valence-electron chi connectivity index (χ2n) is 7.29. The minimum atomic E-state index is -0.768. The van der Waals surface area contributed by atoms with Gasteiger partial charge in [0.25, 0.3) is 11.7 Å². The van der Waals surface area contributed by atoms with E-state index in [1.54, 1.807) is 62.0 Å². The SMILES string of the molecule is COc1cccc(CN2C(=O)C(=O)/C(=C(\O)c3cccc(OC)c3)C2c2ccncc2)c1. The van der Waals surface area contributed by atoms with E-state index in [4.69, 9.17) is 9.47 Å². The summed E-state index contributed by atoms with van der Waals surface area (Å²) in [6.07, 6.45) is 3.18. The molecule has 4 rings (SSSR count). The molecule has 1 unspecified atom stereocenters. The fraction of sp³-hybridized carbons (Fsp3) is 0.160. The molecule has 7 heteroatoms. The van der Waals surface area contributed by atoms with Gasteiger partial charge in [0, 0.05) is 24.5 Å². The van der Waals surface area contributed by atoms with Crippen molar-refractivity contribution < 1.29 is 24.2 Å². The third-order valence-electron chi connectivity index (χ3n) is 5.39. The Morgan fingerprint density at radius 3 is 2.31 bits per heavy atom. The van der Waals surface area contributed by atoms with Crippen LogP contribution < -0.4 is 9.47 Å². The molecule has 3 aromatic rings. The van der Waals surface area contributed by atoms with Crippen molar-refractivity contribution in [2.75, 3.05) is 14.2 Å². The van der Waals surface area contributed by atoms with Crippen molar-refractivity contribution >= 4 is 17.4 Å². The Hall–Kier alpha value is -4.13. The lowest BCUT2D eigenvalue weighted by Gasteiger charge is -2.25. The fourth-order valence-electron chi connectivity index (χ4n) is 3.83. The first-order valence-electron chi connectivity index (χ1n) is 9.99. The average molecular weight is 430 g/mol. The number of amides is 1. The summed E-state index contributed by atoms with van der Waals surface area (Å²) in [5.41, 5.74) is 1.89. The topological polar surface area (TPSA) is 89.0 Å². The van der Waals surface area contributed by atoms with E-state index in [9.17, 15) is 14.7 Å². The van der Waals surface area contributed by atoms with Crippen LogP contribution in [0.25, 0.3) is 5.76 Å². The number of benzene rings is 2. The first kappa shape index (κ1) is 21.1. The number of Topliss-reactive ketones (excluding diaryl/α,β-unsaturated/α-hetero) is 1. The van der Waals surface area contributed by atoms with E-state index in [0.717, 1.165) is 5.56 Å². The number of likely N-dealkylation sites (tertiary alicyclic amines) is 1. The fourth-order valence-corrected chi connectivity index (χ4v) is 3.83. The molecule has 0 saturated carbocycles. The highest BCUT2D eigenvalue weighted by Crippen LogP contribution is 2.40. The summed E-state index contributed by atoms with van der Waals surface area (Å²) >= 11 is 0. The van der Waals surface area contributed by atoms with E-state index in [0.29, 0.717) is 22.6 Å². The van der Waals surface area contributed by atoms with Crippen molar-refractivity contribution in [1.29, 1.82) is 0 Å². The van der Waals surface area contributed by atoms with Gasteiger partial charge >= 0.3 is 0 Å². The predicted octanol–water partition coefficient (Wildman–Crippen LogP) is 3.72. The van der Waals surface area contributed by atoms with Gasteiger partial charge in [-0.15, -0.1) is 0 Å². The zero-order valence-corrected chi connectivity index (χ0v) is 17.7. The molecule has 0 aliphatic carbocycles. The van der Waals surface area contributed by atoms with Gasteiger partial charge in [-0.2, -0.15) is 0 Å². The highest BCUT2D eigenvalue weighted by atomic mass is 16.5. The molecule has 1 aliphatic heterocycles. The smallest absolute Gasteiger partial charge is 0.295 e. The molecule has 0 spiro atoms. The van der Waals surface area contributed by atoms with Crippen LogP contribution in [-0.2, 0) is 16.1 Å². The monoisotopic (exact) mass is 430 g/mol. The number of rotatable bonds is 6. The lowest BCUT2D eigenvalue weighted by Crippen LogP contribution is -2.29. The highest BCUT2D eigenvalue weighted by Gasteiger charge is 2.46. The molecule has 2 aromatic carbocycles. The Morgan fingerprint density at radius 1 is 0.969 bits per heavy atom. The largest absolute Gasteiger partial charge is 0.507 e. The van der Waals surface area contributed by atoms with Crippen LogP contribution in [0.15, 0.2) is 78.6 Å². The van der Waals surface area contributed by atoms with E-state index in [2.05, 4.69) is 4.98 Å². The lowest BCUT2D eigenvalue weighted by molar-refractivity contribution is -0.140. The van der Waals surface area contributed by atoms with Gasteiger partial charge in [-0.1, -0.05) is 24.3 Å². The third-order valence-corrected chi connectivity index (χ3v) is 5.39. The van der Waals surface area contributed by atoms with Crippen molar-refractivity contribution in [3.8, 4) is 11.5 Å². The van der Waals surface area contributed by atoms with Gasteiger partial charge in [-0.3, -0.25) is 14.6 Å². The molecule has 2 heterocycles. The van der Waals surface area contributed by atoms with Crippen LogP contribution in [0.5, 0.6) is 11.5 Å². The van der Waals surface area contributed by atoms with Gasteiger partial charge in [0.2, 0.25) is 0 Å². The average Bonchev–Trinajstić information content (AvgIpc) is 3.09. The molecule has 1 fully saturated rings. The van der Waals surface area contributed by atoms with Crippen molar-refractivity contribution in [3.05, 3.63) is 95.3 Å². The first-order chi connectivity index (χ1) is 15.5. The van der Waals surface area contributed by atoms with Crippen LogP contribution in [0, 0.1) is 0 Å². The maximum absolute atomic E-state index is 13.1. The third kappa shape index (κ3) is 3.92. The number of carbonyl (C=O) groups is 2. The van der Waals surface area contributed by atoms with Crippen LogP contribution in [0.3, 0.4) is 0 Å². The summed E-state index contributed by atoms with van der Waals surface area (Å²) in [6, 6.07) is 16.7. The Bertz CT molecular complexity index is 1190. The second kappa shape index (κ2) is 8.93. The standard InChI is InChI=1S/C25H22N2O5/c1-31-19-7-3-5-16(13-19)15-27-22(17-9-11-26-12-10-17)21(24(29)25(27)30)23(28)18-6-4-8-20(14-18)32-2/h3-14,22,28H,15H2,1-2H3/b23-21-. The first-order valence-corrected chi connectivity index (χ1v) is 9.99. The Balaban J connectivity index is 1.84. The van der Waals surface area contributed by atoms with Crippen LogP contribution in [-0.4, -0.2) is 40.9 Å². The summed E-state index contributed by atoms with van der Waals surface area (Å²) in [6.45, 7) is 0.170. The van der Waals surface area contributed by atoms with E-state index >= 15 is 0 Å². The second-order valence-corrected chi connectivity index (χ2v) is 7.29. The quantitative estimate of drug-likeness (QED) is 0.364. The molecular formula is C25H22N2O5. The molecule has 162 valence electrons. The number of carbonyl (C=O) groups excluding carboxylic acids is 2. The molecule has 0 bridgehead atoms. The van der Waals surface area contributed by atoms with Crippen LogP contribution in [0.1, 0.15) is 22.7 Å². The minimum absolute atomic E-state index is 0.0253. The number of ether oxygens (including phenoxy) is 2. The maximum atomic E-state index is 13.1. The van der Waals surface area contributed by atoms with Crippen LogP contribution >= 0.6 is 0 Å². The van der Waals surface area contributed by atoms with E-state index < -0.39 is 17.7 Å². The summed E-state index contributed by atoms with van der Waals surface area (Å²) in [7, 11) is 3.08. The zero-order valence-electron chi connectivity index (χ0n) is 17.7. The van der Waals surface area contributed by atoms with Gasteiger partial charge in [-0.25, -0.2) is 0 Å². The molecule has 32 heavy (non-hydrogen) atoms. The molecule has 7 nitrogen and oxygen atoms in total. The highest BCUT2D eigenvalue weighted by molar-refractivity contribution is 6.46. The molecule has 1 N–H and O–H groups in total. The summed E-state index contributed by atoms with van der Waals surface area (Å²) in [4.78, 5) is 31.7. The molecular weight excluding hydrogens is 408 g/mol. The molecule has 1 aromatic heterocycles. The molecule has 1 atom stereocenters. The molecule has 1 saturated heterocycles. The van der Waals surface area contributed by atoms with E-state index in [1.807, 2.05) is 18.2 Å². The number of aromatic nitrogens is 1. The summed E-state index contributed by atoms with van der Waals surface area (Å²) in [5.74, 6) is -0.498. The predicted molar refractivity (Wildman–Crippen MR) is 118 cm³/mol. The van der Waals surface area contributed by atoms with Gasteiger partial charge in [0.15, 0.2) is 0 Å². The van der Waals surface area contributed by atoms with Gasteiger partial charge in [0.1, 0.15) is 17.3 Å². The van der Waals surface area contributed by atoms with Crippen LogP contribution in [0.2, 0.25) is 0 Å². The summed E-state index contributed by atoms with van der Waals surface area (Å²) in [5, 5.41) is 11.1. The summed E-state index contributed by atoms with van der Waals surface area (Å²) < 4.78 is 10.5. The Labute approximate surface area is 185 Å². The number of aliphatic hydroxyl groups is 1. The Kier molecular flexibility index (Phi) is 5.89. The van der Waals surface area contributed by atoms with Crippen molar-refractivity contribution in [2.24, 2.45) is 0 Å². The Morgan fingerprint density at radius 2 is 1.62 bits per heavy atom. The van der Waals surface area contributed by atoms with Gasteiger partial charge in [-0.05, 0) is 47.5 Å². The number of methoxy groups -OCH3 is 2. The lowest BCUT2D eigenvalue weighted by atomic mass is 9.95. The number of nitrogens with zero attached hydrogens (tertiary/aromatic N) is 2. The molecule has 1 amide bonds. The van der Waals surface area contributed by atoms with Crippen molar-refractivity contribution in [2.45, 2.75) is 12.6 Å². The number of hydrogen-bond donors (Lipinski definition) is 1. The zero-order chi connectivity index (χ0) is 22.7.